The Morgan fingerprint density at radius 1 is 1.19 bits per heavy atom. The van der Waals surface area contributed by atoms with E-state index in [0.29, 0.717) is 13.1 Å². The Morgan fingerprint density at radius 3 is 2.69 bits per heavy atom. The van der Waals surface area contributed by atoms with E-state index in [0.717, 1.165) is 62.4 Å². The van der Waals surface area contributed by atoms with Gasteiger partial charge in [0.25, 0.3) is 0 Å². The van der Waals surface area contributed by atoms with Crippen LogP contribution in [0.15, 0.2) is 6.20 Å². The van der Waals surface area contributed by atoms with Gasteiger partial charge in [-0.15, -0.1) is 0 Å². The van der Waals surface area contributed by atoms with E-state index in [1.165, 1.54) is 13.3 Å². The number of hydrogen-bond donors (Lipinski definition) is 1. The minimum Gasteiger partial charge on any atom is -0.352 e. The number of nitrogens with one attached hydrogen (secondary N) is 1. The molecule has 1 aromatic rings. The van der Waals surface area contributed by atoms with Gasteiger partial charge in [-0.05, 0) is 45.6 Å². The van der Waals surface area contributed by atoms with E-state index < -0.39 is 0 Å². The smallest absolute Gasteiger partial charge is 0.236 e. The lowest BCUT2D eigenvalue weighted by Gasteiger charge is -2.31. The maximum atomic E-state index is 12.7. The number of nitrogens with zero attached hydrogens (tertiary/aromatic N) is 4. The second-order valence-corrected chi connectivity index (χ2v) is 7.31. The summed E-state index contributed by atoms with van der Waals surface area (Å²) in [7, 11) is 0. The number of likely N-dealkylation sites (tertiary alicyclic amines) is 2. The summed E-state index contributed by atoms with van der Waals surface area (Å²) in [5.74, 6) is 0.881. The van der Waals surface area contributed by atoms with Crippen molar-refractivity contribution in [2.75, 3.05) is 26.2 Å². The zero-order chi connectivity index (χ0) is 18.5. The standard InChI is InChI=1S/C19H29N5O2/c1-14-20-11-16(12-21-15(2)25)19(22-14)17-7-6-10-24(17)13-18(26)23-8-4-3-5-9-23/h11,17H,3-10,12-13H2,1-2H3,(H,21,25)/t17-/m1/s1. The molecule has 3 heterocycles. The number of carbonyl (C=O) groups excluding carboxylic acids is 2. The number of amides is 2. The molecule has 2 saturated heterocycles. The summed E-state index contributed by atoms with van der Waals surface area (Å²) in [5.41, 5.74) is 1.89. The average Bonchev–Trinajstić information content (AvgIpc) is 3.09. The average molecular weight is 359 g/mol. The van der Waals surface area contributed by atoms with Crippen molar-refractivity contribution >= 4 is 11.8 Å². The highest BCUT2D eigenvalue weighted by atomic mass is 16.2. The lowest BCUT2D eigenvalue weighted by molar-refractivity contribution is -0.133. The van der Waals surface area contributed by atoms with Crippen LogP contribution in [-0.4, -0.2) is 57.8 Å². The number of piperidine rings is 1. The monoisotopic (exact) mass is 359 g/mol. The van der Waals surface area contributed by atoms with Gasteiger partial charge in [0.2, 0.25) is 11.8 Å². The zero-order valence-corrected chi connectivity index (χ0v) is 15.8. The summed E-state index contributed by atoms with van der Waals surface area (Å²) in [6.07, 6.45) is 7.29. The van der Waals surface area contributed by atoms with Gasteiger partial charge >= 0.3 is 0 Å². The highest BCUT2D eigenvalue weighted by molar-refractivity contribution is 5.78. The molecule has 3 rings (SSSR count). The molecule has 0 saturated carbocycles. The van der Waals surface area contributed by atoms with Crippen LogP contribution in [0.25, 0.3) is 0 Å². The first-order valence-corrected chi connectivity index (χ1v) is 9.63. The van der Waals surface area contributed by atoms with Crippen molar-refractivity contribution < 1.29 is 9.59 Å². The molecule has 0 spiro atoms. The van der Waals surface area contributed by atoms with E-state index in [2.05, 4.69) is 20.2 Å². The van der Waals surface area contributed by atoms with Crippen LogP contribution in [0, 0.1) is 6.92 Å². The fourth-order valence-electron chi connectivity index (χ4n) is 3.90. The maximum Gasteiger partial charge on any atom is 0.236 e. The first-order chi connectivity index (χ1) is 12.5. The third-order valence-corrected chi connectivity index (χ3v) is 5.27. The van der Waals surface area contributed by atoms with E-state index >= 15 is 0 Å². The minimum absolute atomic E-state index is 0.0694. The van der Waals surface area contributed by atoms with E-state index in [1.807, 2.05) is 11.8 Å². The van der Waals surface area contributed by atoms with Gasteiger partial charge in [0.15, 0.2) is 0 Å². The molecule has 0 aliphatic carbocycles. The van der Waals surface area contributed by atoms with Crippen molar-refractivity contribution in [1.82, 2.24) is 25.1 Å². The summed E-state index contributed by atoms with van der Waals surface area (Å²) in [4.78, 5) is 37.2. The third-order valence-electron chi connectivity index (χ3n) is 5.27. The third kappa shape index (κ3) is 4.58. The van der Waals surface area contributed by atoms with Gasteiger partial charge in [0.1, 0.15) is 5.82 Å². The predicted molar refractivity (Wildman–Crippen MR) is 98.3 cm³/mol. The molecule has 0 aromatic carbocycles. The summed E-state index contributed by atoms with van der Waals surface area (Å²) in [6.45, 7) is 6.95. The molecule has 1 atom stereocenters. The Labute approximate surface area is 155 Å². The summed E-state index contributed by atoms with van der Waals surface area (Å²) < 4.78 is 0. The van der Waals surface area contributed by atoms with Crippen LogP contribution in [-0.2, 0) is 16.1 Å². The van der Waals surface area contributed by atoms with Gasteiger partial charge in [-0.2, -0.15) is 0 Å². The molecule has 0 unspecified atom stereocenters. The number of carbonyl (C=O) groups is 2. The molecule has 26 heavy (non-hydrogen) atoms. The largest absolute Gasteiger partial charge is 0.352 e. The molecule has 0 radical (unpaired) electrons. The lowest BCUT2D eigenvalue weighted by Crippen LogP contribution is -2.42. The van der Waals surface area contributed by atoms with E-state index in [-0.39, 0.29) is 17.9 Å². The van der Waals surface area contributed by atoms with Crippen LogP contribution in [0.1, 0.15) is 62.2 Å². The Bertz CT molecular complexity index is 657. The van der Waals surface area contributed by atoms with Crippen molar-refractivity contribution in [3.63, 3.8) is 0 Å². The second-order valence-electron chi connectivity index (χ2n) is 7.31. The fraction of sp³-hybridized carbons (Fsp3) is 0.684. The Balaban J connectivity index is 1.73. The molecular formula is C19H29N5O2. The van der Waals surface area contributed by atoms with Gasteiger partial charge in [-0.3, -0.25) is 14.5 Å². The minimum atomic E-state index is -0.0694. The van der Waals surface area contributed by atoms with Crippen molar-refractivity contribution in [2.45, 2.75) is 58.5 Å². The lowest BCUT2D eigenvalue weighted by atomic mass is 10.1. The number of aryl methyl sites for hydroxylation is 1. The van der Waals surface area contributed by atoms with Crippen molar-refractivity contribution in [1.29, 1.82) is 0 Å². The van der Waals surface area contributed by atoms with Gasteiger partial charge in [0, 0.05) is 38.3 Å². The number of hydrogen-bond acceptors (Lipinski definition) is 5. The SMILES string of the molecule is CC(=O)NCc1cnc(C)nc1[C@H]1CCCN1CC(=O)N1CCCCC1. The summed E-state index contributed by atoms with van der Waals surface area (Å²) in [6, 6.07) is 0.120. The van der Waals surface area contributed by atoms with Crippen LogP contribution in [0.5, 0.6) is 0 Å². The Morgan fingerprint density at radius 2 is 1.96 bits per heavy atom. The molecule has 2 amide bonds. The van der Waals surface area contributed by atoms with Crippen molar-refractivity contribution in [3.8, 4) is 0 Å². The molecule has 7 nitrogen and oxygen atoms in total. The summed E-state index contributed by atoms with van der Waals surface area (Å²) >= 11 is 0. The van der Waals surface area contributed by atoms with Gasteiger partial charge in [0.05, 0.1) is 18.3 Å². The molecule has 142 valence electrons. The first kappa shape index (κ1) is 18.8. The molecule has 0 bridgehead atoms. The predicted octanol–water partition coefficient (Wildman–Crippen LogP) is 1.57. The highest BCUT2D eigenvalue weighted by Gasteiger charge is 2.32. The quantitative estimate of drug-likeness (QED) is 0.863. The molecule has 2 aliphatic heterocycles. The summed E-state index contributed by atoms with van der Waals surface area (Å²) in [5, 5.41) is 2.84. The highest BCUT2D eigenvalue weighted by Crippen LogP contribution is 2.32. The van der Waals surface area contributed by atoms with E-state index in [4.69, 9.17) is 0 Å². The fourth-order valence-corrected chi connectivity index (χ4v) is 3.90. The second kappa shape index (κ2) is 8.58. The van der Waals surface area contributed by atoms with Crippen LogP contribution in [0.2, 0.25) is 0 Å². The van der Waals surface area contributed by atoms with E-state index in [1.54, 1.807) is 6.20 Å². The first-order valence-electron chi connectivity index (χ1n) is 9.63. The van der Waals surface area contributed by atoms with Crippen molar-refractivity contribution in [3.05, 3.63) is 23.3 Å². The number of aromatic nitrogens is 2. The Kier molecular flexibility index (Phi) is 6.19. The maximum absolute atomic E-state index is 12.7. The van der Waals surface area contributed by atoms with Crippen LogP contribution < -0.4 is 5.32 Å². The van der Waals surface area contributed by atoms with Crippen molar-refractivity contribution in [2.24, 2.45) is 0 Å². The molecule has 7 heteroatoms. The molecular weight excluding hydrogens is 330 g/mol. The van der Waals surface area contributed by atoms with Crippen LogP contribution >= 0.6 is 0 Å². The Hall–Kier alpha value is -2.02. The van der Waals surface area contributed by atoms with Gasteiger partial charge < -0.3 is 10.2 Å². The number of rotatable bonds is 5. The van der Waals surface area contributed by atoms with Gasteiger partial charge in [-0.1, -0.05) is 0 Å². The molecule has 2 fully saturated rings. The molecule has 1 N–H and O–H groups in total. The van der Waals surface area contributed by atoms with Gasteiger partial charge in [-0.25, -0.2) is 9.97 Å². The van der Waals surface area contributed by atoms with E-state index in [9.17, 15) is 9.59 Å². The molecule has 1 aromatic heterocycles. The zero-order valence-electron chi connectivity index (χ0n) is 15.8. The molecule has 2 aliphatic rings. The van der Waals surface area contributed by atoms with Crippen LogP contribution in [0.3, 0.4) is 0 Å². The normalized spacial score (nSPS) is 21.0. The topological polar surface area (TPSA) is 78.4 Å². The van der Waals surface area contributed by atoms with Crippen LogP contribution in [0.4, 0.5) is 0 Å².